The molecule has 6 rings (SSSR count). The fourth-order valence-corrected chi connectivity index (χ4v) is 5.73. The van der Waals surface area contributed by atoms with Crippen molar-refractivity contribution in [1.82, 2.24) is 19.4 Å². The third kappa shape index (κ3) is 6.16. The summed E-state index contributed by atoms with van der Waals surface area (Å²) in [5.41, 5.74) is 4.06. The molecule has 12 nitrogen and oxygen atoms in total. The van der Waals surface area contributed by atoms with Gasteiger partial charge in [-0.25, -0.2) is 14.8 Å². The molecule has 0 aliphatic carbocycles. The summed E-state index contributed by atoms with van der Waals surface area (Å²) < 4.78 is 10.8. The molecule has 0 radical (unpaired) electrons. The summed E-state index contributed by atoms with van der Waals surface area (Å²) in [6, 6.07) is 20.3. The summed E-state index contributed by atoms with van der Waals surface area (Å²) in [5, 5.41) is 6.07. The lowest BCUT2D eigenvalue weighted by Gasteiger charge is -2.34. The lowest BCUT2D eigenvalue weighted by molar-refractivity contribution is -0.120. The summed E-state index contributed by atoms with van der Waals surface area (Å²) in [7, 11) is 7.08. The molecular formula is C35H37N8O4+. The number of aromatic nitrogens is 2. The van der Waals surface area contributed by atoms with E-state index < -0.39 is 0 Å². The molecule has 3 heterocycles. The van der Waals surface area contributed by atoms with Crippen molar-refractivity contribution in [2.45, 2.75) is 0 Å². The number of fused-ring (bicyclic) bond motifs is 1. The molecule has 12 heteroatoms. The Labute approximate surface area is 273 Å². The highest BCUT2D eigenvalue weighted by atomic mass is 16.5. The summed E-state index contributed by atoms with van der Waals surface area (Å²) in [4.78, 5) is 45.6. The normalized spacial score (nSPS) is 17.7. The minimum atomic E-state index is -0.375. The van der Waals surface area contributed by atoms with E-state index in [-0.39, 0.29) is 28.0 Å². The van der Waals surface area contributed by atoms with Crippen LogP contribution < -0.4 is 29.5 Å². The fraction of sp³-hybridized carbons (Fsp3) is 0.229. The molecule has 240 valence electrons. The maximum Gasteiger partial charge on any atom is 0.376 e. The van der Waals surface area contributed by atoms with Crippen molar-refractivity contribution in [3.8, 4) is 11.5 Å². The van der Waals surface area contributed by atoms with Gasteiger partial charge in [-0.15, -0.1) is 0 Å². The number of aliphatic imine (C=N–C) groups is 1. The van der Waals surface area contributed by atoms with Crippen LogP contribution in [-0.2, 0) is 9.59 Å². The van der Waals surface area contributed by atoms with Crippen LogP contribution in [0.1, 0.15) is 5.56 Å². The van der Waals surface area contributed by atoms with Gasteiger partial charge in [-0.1, -0.05) is 24.8 Å². The predicted octanol–water partition coefficient (Wildman–Crippen LogP) is 5.04. The zero-order chi connectivity index (χ0) is 33.1. The van der Waals surface area contributed by atoms with Gasteiger partial charge >= 0.3 is 5.91 Å². The Morgan fingerprint density at radius 2 is 1.79 bits per heavy atom. The van der Waals surface area contributed by atoms with Crippen molar-refractivity contribution in [3.63, 3.8) is 0 Å². The van der Waals surface area contributed by atoms with Gasteiger partial charge < -0.3 is 29.9 Å². The number of amides is 2. The van der Waals surface area contributed by atoms with Gasteiger partial charge in [0.15, 0.2) is 11.4 Å². The molecule has 3 aromatic carbocycles. The Kier molecular flexibility index (Phi) is 8.70. The highest BCUT2D eigenvalue weighted by Gasteiger charge is 2.48. The number of rotatable bonds is 9. The number of nitrogens with zero attached hydrogens (tertiary/aromatic N) is 6. The molecule has 2 aliphatic heterocycles. The van der Waals surface area contributed by atoms with Crippen LogP contribution in [0.4, 0.5) is 40.2 Å². The van der Waals surface area contributed by atoms with E-state index in [2.05, 4.69) is 39.0 Å². The van der Waals surface area contributed by atoms with Crippen molar-refractivity contribution in [2.24, 2.45) is 4.99 Å². The molecule has 1 atom stereocenters. The smallest absolute Gasteiger partial charge is 0.376 e. The molecule has 1 saturated heterocycles. The number of hydrogen-bond donors (Lipinski definition) is 2. The van der Waals surface area contributed by atoms with E-state index in [1.165, 1.54) is 6.08 Å². The van der Waals surface area contributed by atoms with Gasteiger partial charge in [-0.2, -0.15) is 9.47 Å². The maximum atomic E-state index is 14.6. The van der Waals surface area contributed by atoms with Crippen LogP contribution in [0.15, 0.2) is 90.6 Å². The van der Waals surface area contributed by atoms with E-state index in [4.69, 9.17) is 19.5 Å². The third-order valence-corrected chi connectivity index (χ3v) is 8.47. The van der Waals surface area contributed by atoms with Crippen LogP contribution in [0.2, 0.25) is 0 Å². The van der Waals surface area contributed by atoms with E-state index in [0.29, 0.717) is 45.6 Å². The predicted molar refractivity (Wildman–Crippen MR) is 185 cm³/mol. The highest BCUT2D eigenvalue weighted by Crippen LogP contribution is 2.44. The molecule has 4 aromatic rings. The second-order valence-corrected chi connectivity index (χ2v) is 11.4. The number of carbonyl (C=O) groups excluding carboxylic acids is 2. The maximum absolute atomic E-state index is 14.6. The zero-order valence-electron chi connectivity index (χ0n) is 26.9. The topological polar surface area (TPSA) is 121 Å². The van der Waals surface area contributed by atoms with Crippen LogP contribution >= 0.6 is 0 Å². The van der Waals surface area contributed by atoms with Crippen molar-refractivity contribution >= 4 is 57.7 Å². The van der Waals surface area contributed by atoms with Crippen molar-refractivity contribution in [1.29, 1.82) is 0 Å². The van der Waals surface area contributed by atoms with Crippen molar-refractivity contribution in [2.75, 3.05) is 70.0 Å². The number of hydrogen-bond acceptors (Lipinski definition) is 10. The monoisotopic (exact) mass is 633 g/mol. The number of carbonyl (C=O) groups is 2. The van der Waals surface area contributed by atoms with Crippen LogP contribution in [0.25, 0.3) is 0 Å². The molecule has 1 aromatic heterocycles. The number of methoxy groups -OCH3 is 2. The lowest BCUT2D eigenvalue weighted by Crippen LogP contribution is -2.52. The van der Waals surface area contributed by atoms with E-state index in [9.17, 15) is 9.59 Å². The van der Waals surface area contributed by atoms with Gasteiger partial charge in [0.25, 0.3) is 5.82 Å². The van der Waals surface area contributed by atoms with E-state index in [1.54, 1.807) is 63.9 Å². The quantitative estimate of drug-likeness (QED) is 0.193. The largest absolute Gasteiger partial charge is 0.497 e. The van der Waals surface area contributed by atoms with Crippen LogP contribution in [0.5, 0.6) is 11.5 Å². The standard InChI is InChI=1S/C35H36N8O4/c1-6-31(44)37-24-10-8-11-26(20-24)43(3)33-29(38-32(34(43)45)23-9-7-12-27(19-23)46-4)22-36-35(40-33)39-28-14-13-25(21-30(28)47-5)42-17-15-41(2)16-18-42/h6-14,19-22H,1,15-18H2,2-5H3,(H-,36,37,39,40,44,45)/p+1. The highest BCUT2D eigenvalue weighted by molar-refractivity contribution is 6.50. The lowest BCUT2D eigenvalue weighted by atomic mass is 10.0. The Morgan fingerprint density at radius 1 is 1.00 bits per heavy atom. The van der Waals surface area contributed by atoms with Gasteiger partial charge in [0.05, 0.1) is 33.2 Å². The fourth-order valence-electron chi connectivity index (χ4n) is 5.73. The Balaban J connectivity index is 1.42. The number of likely N-dealkylation sites (N-methyl/N-ethyl adjacent to an activating group) is 2. The van der Waals surface area contributed by atoms with E-state index in [0.717, 1.165) is 31.9 Å². The first-order valence-corrected chi connectivity index (χ1v) is 15.2. The number of benzene rings is 3. The summed E-state index contributed by atoms with van der Waals surface area (Å²) in [5.74, 6) is 1.17. The first-order chi connectivity index (χ1) is 22.7. The molecule has 0 saturated carbocycles. The second-order valence-electron chi connectivity index (χ2n) is 11.4. The summed E-state index contributed by atoms with van der Waals surface area (Å²) >= 11 is 0. The second kappa shape index (κ2) is 13.0. The molecule has 0 bridgehead atoms. The average Bonchev–Trinajstić information content (AvgIpc) is 3.10. The Morgan fingerprint density at radius 3 is 2.53 bits per heavy atom. The molecule has 1 fully saturated rings. The van der Waals surface area contributed by atoms with Gasteiger partial charge in [0, 0.05) is 61.3 Å². The van der Waals surface area contributed by atoms with E-state index in [1.807, 2.05) is 30.3 Å². The summed E-state index contributed by atoms with van der Waals surface area (Å²) in [6.45, 7) is 7.39. The molecule has 2 amide bonds. The average molecular weight is 634 g/mol. The minimum Gasteiger partial charge on any atom is -0.497 e. The molecule has 47 heavy (non-hydrogen) atoms. The van der Waals surface area contributed by atoms with Crippen molar-refractivity contribution < 1.29 is 19.1 Å². The van der Waals surface area contributed by atoms with Crippen LogP contribution in [0, 0.1) is 0 Å². The molecular weight excluding hydrogens is 596 g/mol. The zero-order valence-corrected chi connectivity index (χ0v) is 26.9. The number of piperazine rings is 1. The van der Waals surface area contributed by atoms with Crippen molar-refractivity contribution in [3.05, 3.63) is 91.1 Å². The van der Waals surface area contributed by atoms with E-state index >= 15 is 0 Å². The number of ether oxygens (including phenoxy) is 2. The van der Waals surface area contributed by atoms with Gasteiger partial charge in [-0.3, -0.25) is 4.79 Å². The first kappa shape index (κ1) is 31.4. The molecule has 2 aliphatic rings. The number of nitrogens with one attached hydrogen (secondary N) is 2. The first-order valence-electron chi connectivity index (χ1n) is 15.2. The molecule has 1 unspecified atom stereocenters. The van der Waals surface area contributed by atoms with Gasteiger partial charge in [0.2, 0.25) is 11.9 Å². The van der Waals surface area contributed by atoms with Crippen LogP contribution in [0.3, 0.4) is 0 Å². The molecule has 0 spiro atoms. The van der Waals surface area contributed by atoms with Crippen LogP contribution in [-0.4, -0.2) is 86.9 Å². The summed E-state index contributed by atoms with van der Waals surface area (Å²) in [6.07, 6.45) is 2.79. The van der Waals surface area contributed by atoms with Gasteiger partial charge in [0.1, 0.15) is 17.2 Å². The number of quaternary nitrogens is 1. The minimum absolute atomic E-state index is 0.227. The Bertz CT molecular complexity index is 1890. The SMILES string of the molecule is C=CC(=O)Nc1cccc([N+]2(C)C(=O)C(c3cccc(OC)c3)=Nc3cnc(Nc4ccc(N5CCN(C)CC5)cc4OC)nc32)c1. The third-order valence-electron chi connectivity index (χ3n) is 8.47. The Hall–Kier alpha value is -5.59. The molecule has 2 N–H and O–H groups in total. The number of anilines is 4. The van der Waals surface area contributed by atoms with Gasteiger partial charge in [-0.05, 0) is 43.5 Å².